The lowest BCUT2D eigenvalue weighted by Crippen LogP contribution is -2.44. The molecule has 2 atom stereocenters. The second-order valence-corrected chi connectivity index (χ2v) is 3.50. The second kappa shape index (κ2) is 4.59. The zero-order valence-corrected chi connectivity index (χ0v) is 8.19. The number of hydrogen-bond acceptors (Lipinski definition) is 2. The molecule has 1 N–H and O–H groups in total. The van der Waals surface area contributed by atoms with Crippen LogP contribution >= 0.6 is 0 Å². The highest BCUT2D eigenvalue weighted by atomic mass is 19.1. The Bertz CT molecular complexity index is 211. The number of ether oxygens (including phenoxy) is 1. The van der Waals surface area contributed by atoms with Gasteiger partial charge in [0.05, 0.1) is 13.2 Å². The first-order valence-electron chi connectivity index (χ1n) is 4.58. The van der Waals surface area contributed by atoms with Crippen molar-refractivity contribution in [1.29, 1.82) is 0 Å². The van der Waals surface area contributed by atoms with E-state index >= 15 is 0 Å². The summed E-state index contributed by atoms with van der Waals surface area (Å²) >= 11 is 0. The molecular weight excluding hydrogens is 169 g/mol. The van der Waals surface area contributed by atoms with E-state index in [-0.39, 0.29) is 6.04 Å². The van der Waals surface area contributed by atoms with Gasteiger partial charge in [-0.05, 0) is 13.8 Å². The predicted octanol–water partition coefficient (Wildman–Crippen LogP) is 1.12. The minimum Gasteiger partial charge on any atom is -0.379 e. The molecule has 1 saturated heterocycles. The van der Waals surface area contributed by atoms with Gasteiger partial charge in [0.1, 0.15) is 0 Å². The van der Waals surface area contributed by atoms with Crippen LogP contribution in [0.1, 0.15) is 20.3 Å². The van der Waals surface area contributed by atoms with E-state index in [1.807, 2.05) is 0 Å². The Balaban J connectivity index is 2.40. The maximum atomic E-state index is 13.6. The Morgan fingerprint density at radius 3 is 3.00 bits per heavy atom. The van der Waals surface area contributed by atoms with E-state index in [2.05, 4.69) is 17.2 Å². The van der Waals surface area contributed by atoms with Crippen LogP contribution in [-0.4, -0.2) is 31.5 Å². The SMILES string of the molecule is CC#CC(C)(F)CC1COCCN1. The van der Waals surface area contributed by atoms with Crippen LogP contribution in [0.15, 0.2) is 0 Å². The quantitative estimate of drug-likeness (QED) is 0.651. The zero-order chi connectivity index (χ0) is 9.73. The van der Waals surface area contributed by atoms with Crippen LogP contribution in [0.2, 0.25) is 0 Å². The summed E-state index contributed by atoms with van der Waals surface area (Å²) in [5.74, 6) is 5.16. The monoisotopic (exact) mass is 185 g/mol. The number of alkyl halides is 1. The van der Waals surface area contributed by atoms with Crippen molar-refractivity contribution in [2.45, 2.75) is 32.0 Å². The summed E-state index contributed by atoms with van der Waals surface area (Å²) in [5, 5.41) is 3.20. The molecule has 74 valence electrons. The van der Waals surface area contributed by atoms with E-state index < -0.39 is 5.67 Å². The van der Waals surface area contributed by atoms with Crippen molar-refractivity contribution in [3.8, 4) is 11.8 Å². The standard InChI is InChI=1S/C10H16FNO/c1-3-4-10(2,11)7-9-8-13-6-5-12-9/h9,12H,5-8H2,1-2H3. The molecule has 0 amide bonds. The molecule has 0 aromatic rings. The van der Waals surface area contributed by atoms with Crippen molar-refractivity contribution in [2.24, 2.45) is 0 Å². The summed E-state index contributed by atoms with van der Waals surface area (Å²) in [4.78, 5) is 0. The molecule has 0 aliphatic carbocycles. The van der Waals surface area contributed by atoms with Crippen LogP contribution in [0.5, 0.6) is 0 Å². The fraction of sp³-hybridized carbons (Fsp3) is 0.800. The molecule has 1 aliphatic rings. The van der Waals surface area contributed by atoms with Crippen molar-refractivity contribution < 1.29 is 9.13 Å². The van der Waals surface area contributed by atoms with Gasteiger partial charge in [-0.2, -0.15) is 0 Å². The first-order valence-corrected chi connectivity index (χ1v) is 4.58. The van der Waals surface area contributed by atoms with E-state index in [0.717, 1.165) is 13.2 Å². The molecule has 2 nitrogen and oxygen atoms in total. The van der Waals surface area contributed by atoms with Gasteiger partial charge in [0.15, 0.2) is 5.67 Å². The number of morpholine rings is 1. The summed E-state index contributed by atoms with van der Waals surface area (Å²) in [7, 11) is 0. The minimum absolute atomic E-state index is 0.101. The summed E-state index contributed by atoms with van der Waals surface area (Å²) in [6.07, 6.45) is 0.397. The van der Waals surface area contributed by atoms with Gasteiger partial charge < -0.3 is 10.1 Å². The smallest absolute Gasteiger partial charge is 0.169 e. The van der Waals surface area contributed by atoms with E-state index in [0.29, 0.717) is 13.0 Å². The molecule has 0 aromatic heterocycles. The van der Waals surface area contributed by atoms with Crippen LogP contribution in [0, 0.1) is 11.8 Å². The average Bonchev–Trinajstić information content (AvgIpc) is 2.04. The molecule has 1 heterocycles. The fourth-order valence-electron chi connectivity index (χ4n) is 1.53. The Labute approximate surface area is 78.8 Å². The Kier molecular flexibility index (Phi) is 3.71. The Morgan fingerprint density at radius 1 is 1.69 bits per heavy atom. The largest absolute Gasteiger partial charge is 0.379 e. The Hall–Kier alpha value is -0.590. The van der Waals surface area contributed by atoms with Gasteiger partial charge in [-0.15, -0.1) is 5.92 Å². The number of hydrogen-bond donors (Lipinski definition) is 1. The van der Waals surface area contributed by atoms with Gasteiger partial charge in [0.2, 0.25) is 0 Å². The molecule has 13 heavy (non-hydrogen) atoms. The van der Waals surface area contributed by atoms with Gasteiger partial charge in [-0.1, -0.05) is 5.92 Å². The lowest BCUT2D eigenvalue weighted by molar-refractivity contribution is 0.0593. The topological polar surface area (TPSA) is 21.3 Å². The molecule has 0 spiro atoms. The van der Waals surface area contributed by atoms with E-state index in [4.69, 9.17) is 4.74 Å². The van der Waals surface area contributed by atoms with Crippen molar-refractivity contribution >= 4 is 0 Å². The van der Waals surface area contributed by atoms with E-state index in [1.165, 1.54) is 6.92 Å². The van der Waals surface area contributed by atoms with Crippen LogP contribution in [0.3, 0.4) is 0 Å². The Morgan fingerprint density at radius 2 is 2.46 bits per heavy atom. The molecule has 2 unspecified atom stereocenters. The summed E-state index contributed by atoms with van der Waals surface area (Å²) < 4.78 is 18.8. The third-order valence-corrected chi connectivity index (χ3v) is 2.01. The fourth-order valence-corrected chi connectivity index (χ4v) is 1.53. The molecule has 0 aromatic carbocycles. The number of nitrogens with one attached hydrogen (secondary N) is 1. The van der Waals surface area contributed by atoms with Crippen molar-refractivity contribution in [2.75, 3.05) is 19.8 Å². The second-order valence-electron chi connectivity index (χ2n) is 3.50. The number of rotatable bonds is 2. The third kappa shape index (κ3) is 3.75. The van der Waals surface area contributed by atoms with Crippen molar-refractivity contribution in [1.82, 2.24) is 5.32 Å². The van der Waals surface area contributed by atoms with E-state index in [9.17, 15) is 4.39 Å². The zero-order valence-electron chi connectivity index (χ0n) is 8.19. The lowest BCUT2D eigenvalue weighted by atomic mass is 9.99. The summed E-state index contributed by atoms with van der Waals surface area (Å²) in [5.41, 5.74) is -1.40. The molecule has 1 fully saturated rings. The van der Waals surface area contributed by atoms with Gasteiger partial charge >= 0.3 is 0 Å². The van der Waals surface area contributed by atoms with Crippen LogP contribution in [-0.2, 0) is 4.74 Å². The molecule has 3 heteroatoms. The van der Waals surface area contributed by atoms with Gasteiger partial charge in [0, 0.05) is 19.0 Å². The van der Waals surface area contributed by atoms with E-state index in [1.54, 1.807) is 6.92 Å². The predicted molar refractivity (Wildman–Crippen MR) is 50.2 cm³/mol. The normalized spacial score (nSPS) is 27.2. The van der Waals surface area contributed by atoms with Gasteiger partial charge in [0.25, 0.3) is 0 Å². The third-order valence-electron chi connectivity index (χ3n) is 2.01. The highest BCUT2D eigenvalue weighted by Crippen LogP contribution is 2.17. The van der Waals surface area contributed by atoms with Crippen LogP contribution in [0.4, 0.5) is 4.39 Å². The highest BCUT2D eigenvalue weighted by molar-refractivity contribution is 5.11. The first kappa shape index (κ1) is 10.5. The maximum Gasteiger partial charge on any atom is 0.169 e. The summed E-state index contributed by atoms with van der Waals surface area (Å²) in [6, 6.07) is 0.101. The molecular formula is C10H16FNO. The van der Waals surface area contributed by atoms with Gasteiger partial charge in [-0.25, -0.2) is 4.39 Å². The average molecular weight is 185 g/mol. The van der Waals surface area contributed by atoms with Crippen LogP contribution < -0.4 is 5.32 Å². The van der Waals surface area contributed by atoms with Crippen molar-refractivity contribution in [3.05, 3.63) is 0 Å². The lowest BCUT2D eigenvalue weighted by Gasteiger charge is -2.27. The highest BCUT2D eigenvalue weighted by Gasteiger charge is 2.26. The molecule has 0 saturated carbocycles. The number of halogens is 1. The van der Waals surface area contributed by atoms with Gasteiger partial charge in [-0.3, -0.25) is 0 Å². The maximum absolute atomic E-state index is 13.6. The molecule has 1 aliphatic heterocycles. The van der Waals surface area contributed by atoms with Crippen LogP contribution in [0.25, 0.3) is 0 Å². The molecule has 1 rings (SSSR count). The first-order chi connectivity index (χ1) is 6.14. The summed E-state index contributed by atoms with van der Waals surface area (Å²) in [6.45, 7) is 5.28. The minimum atomic E-state index is -1.40. The molecule has 0 bridgehead atoms. The molecule has 0 radical (unpaired) electrons. The van der Waals surface area contributed by atoms with Crippen molar-refractivity contribution in [3.63, 3.8) is 0 Å².